The van der Waals surface area contributed by atoms with E-state index < -0.39 is 20.9 Å². The minimum Gasteiger partial charge on any atom is -0.336 e. The van der Waals surface area contributed by atoms with E-state index in [1.807, 2.05) is 0 Å². The first kappa shape index (κ1) is 20.5. The SMILES string of the molecule is O=C(c1cccc([N+](=O)[O-])c1)N1CCN(S(=O)(=O)c2c(Cl)cccc2Cl)CC1. The maximum atomic E-state index is 12.9. The molecule has 1 amide bonds. The Morgan fingerprint density at radius 1 is 1.00 bits per heavy atom. The zero-order valence-electron chi connectivity index (χ0n) is 14.4. The number of hydrogen-bond acceptors (Lipinski definition) is 5. The van der Waals surface area contributed by atoms with Crippen molar-refractivity contribution in [3.05, 3.63) is 68.2 Å². The predicted octanol–water partition coefficient (Wildman–Crippen LogP) is 3.05. The number of benzene rings is 2. The van der Waals surface area contributed by atoms with Gasteiger partial charge in [0.05, 0.1) is 15.0 Å². The molecule has 0 bridgehead atoms. The van der Waals surface area contributed by atoms with Gasteiger partial charge in [-0.15, -0.1) is 0 Å². The first-order valence-corrected chi connectivity index (χ1v) is 10.4. The Morgan fingerprint density at radius 2 is 1.57 bits per heavy atom. The second kappa shape index (κ2) is 8.04. The maximum Gasteiger partial charge on any atom is 0.270 e. The van der Waals surface area contributed by atoms with Crippen LogP contribution in [0.15, 0.2) is 47.4 Å². The van der Waals surface area contributed by atoms with E-state index in [2.05, 4.69) is 0 Å². The third-order valence-corrected chi connectivity index (χ3v) is 7.20. The molecular weight excluding hydrogens is 429 g/mol. The van der Waals surface area contributed by atoms with Gasteiger partial charge in [-0.25, -0.2) is 8.42 Å². The third kappa shape index (κ3) is 3.97. The number of nitrogens with zero attached hydrogens (tertiary/aromatic N) is 3. The fourth-order valence-electron chi connectivity index (χ4n) is 2.92. The third-order valence-electron chi connectivity index (χ3n) is 4.35. The van der Waals surface area contributed by atoms with Crippen molar-refractivity contribution < 1.29 is 18.1 Å². The fraction of sp³-hybridized carbons (Fsp3) is 0.235. The Bertz CT molecular complexity index is 1020. The summed E-state index contributed by atoms with van der Waals surface area (Å²) in [6.45, 7) is 0.404. The van der Waals surface area contributed by atoms with Gasteiger partial charge in [0.15, 0.2) is 0 Å². The van der Waals surface area contributed by atoms with Crippen molar-refractivity contribution in [2.24, 2.45) is 0 Å². The molecule has 3 rings (SSSR count). The van der Waals surface area contributed by atoms with Crippen molar-refractivity contribution in [1.29, 1.82) is 0 Å². The van der Waals surface area contributed by atoms with Crippen LogP contribution in [-0.2, 0) is 10.0 Å². The number of carbonyl (C=O) groups excluding carboxylic acids is 1. The largest absolute Gasteiger partial charge is 0.336 e. The van der Waals surface area contributed by atoms with Gasteiger partial charge in [-0.1, -0.05) is 35.3 Å². The fourth-order valence-corrected chi connectivity index (χ4v) is 5.44. The molecule has 0 atom stereocenters. The Labute approximate surface area is 171 Å². The van der Waals surface area contributed by atoms with Crippen LogP contribution in [0.1, 0.15) is 10.4 Å². The second-order valence-electron chi connectivity index (χ2n) is 6.05. The molecule has 1 aliphatic heterocycles. The highest BCUT2D eigenvalue weighted by atomic mass is 35.5. The predicted molar refractivity (Wildman–Crippen MR) is 104 cm³/mol. The highest BCUT2D eigenvalue weighted by molar-refractivity contribution is 7.89. The molecule has 0 radical (unpaired) electrons. The monoisotopic (exact) mass is 443 g/mol. The number of sulfonamides is 1. The standard InChI is InChI=1S/C17H15Cl2N3O5S/c18-14-5-2-6-15(19)16(14)28(26,27)21-9-7-20(8-10-21)17(23)12-3-1-4-13(11-12)22(24)25/h1-6,11H,7-10H2. The molecule has 1 saturated heterocycles. The van der Waals surface area contributed by atoms with Crippen LogP contribution in [0.4, 0.5) is 5.69 Å². The molecule has 2 aromatic carbocycles. The molecule has 11 heteroatoms. The second-order valence-corrected chi connectivity index (χ2v) is 8.74. The molecule has 1 fully saturated rings. The van der Waals surface area contributed by atoms with Gasteiger partial charge in [-0.05, 0) is 18.2 Å². The molecule has 0 aliphatic carbocycles. The number of piperazine rings is 1. The molecule has 28 heavy (non-hydrogen) atoms. The topological polar surface area (TPSA) is 101 Å². The molecule has 0 unspecified atom stereocenters. The molecule has 0 spiro atoms. The number of nitro benzene ring substituents is 1. The van der Waals surface area contributed by atoms with Gasteiger partial charge in [0, 0.05) is 43.9 Å². The maximum absolute atomic E-state index is 12.9. The van der Waals surface area contributed by atoms with Crippen molar-refractivity contribution >= 4 is 44.8 Å². The Balaban J connectivity index is 1.75. The zero-order valence-corrected chi connectivity index (χ0v) is 16.7. The van der Waals surface area contributed by atoms with E-state index in [-0.39, 0.29) is 52.4 Å². The van der Waals surface area contributed by atoms with Gasteiger partial charge in [-0.2, -0.15) is 4.31 Å². The summed E-state index contributed by atoms with van der Waals surface area (Å²) in [5, 5.41) is 10.9. The summed E-state index contributed by atoms with van der Waals surface area (Å²) in [6, 6.07) is 9.88. The van der Waals surface area contributed by atoms with Gasteiger partial charge in [0.1, 0.15) is 4.90 Å². The van der Waals surface area contributed by atoms with Gasteiger partial charge < -0.3 is 4.90 Å². The van der Waals surface area contributed by atoms with E-state index in [0.29, 0.717) is 0 Å². The molecule has 1 aliphatic rings. The van der Waals surface area contributed by atoms with Gasteiger partial charge in [0.25, 0.3) is 11.6 Å². The smallest absolute Gasteiger partial charge is 0.270 e. The summed E-state index contributed by atoms with van der Waals surface area (Å²) in [5.74, 6) is -0.392. The lowest BCUT2D eigenvalue weighted by molar-refractivity contribution is -0.384. The van der Waals surface area contributed by atoms with Crippen LogP contribution < -0.4 is 0 Å². The molecule has 0 saturated carbocycles. The summed E-state index contributed by atoms with van der Waals surface area (Å²) >= 11 is 12.0. The van der Waals surface area contributed by atoms with Crippen LogP contribution >= 0.6 is 23.2 Å². The lowest BCUT2D eigenvalue weighted by atomic mass is 10.1. The Hall–Kier alpha value is -2.20. The van der Waals surface area contributed by atoms with E-state index in [1.165, 1.54) is 45.6 Å². The van der Waals surface area contributed by atoms with Crippen LogP contribution in [0.3, 0.4) is 0 Å². The number of non-ortho nitro benzene ring substituents is 1. The molecular formula is C17H15Cl2N3O5S. The zero-order chi connectivity index (χ0) is 20.5. The van der Waals surface area contributed by atoms with Crippen LogP contribution in [-0.4, -0.2) is 54.6 Å². The van der Waals surface area contributed by atoms with Crippen molar-refractivity contribution in [3.63, 3.8) is 0 Å². The number of nitro groups is 1. The lowest BCUT2D eigenvalue weighted by Crippen LogP contribution is -2.50. The van der Waals surface area contributed by atoms with E-state index >= 15 is 0 Å². The molecule has 2 aromatic rings. The summed E-state index contributed by atoms with van der Waals surface area (Å²) in [4.78, 5) is 24.2. The van der Waals surface area contributed by atoms with Crippen molar-refractivity contribution in [1.82, 2.24) is 9.21 Å². The highest BCUT2D eigenvalue weighted by Gasteiger charge is 2.33. The molecule has 8 nitrogen and oxygen atoms in total. The van der Waals surface area contributed by atoms with Crippen molar-refractivity contribution in [2.75, 3.05) is 26.2 Å². The number of amides is 1. The number of halogens is 2. The quantitative estimate of drug-likeness (QED) is 0.533. The van der Waals surface area contributed by atoms with Crippen molar-refractivity contribution in [2.45, 2.75) is 4.90 Å². The van der Waals surface area contributed by atoms with Crippen LogP contribution in [0, 0.1) is 10.1 Å². The molecule has 1 heterocycles. The Morgan fingerprint density at radius 3 is 2.14 bits per heavy atom. The van der Waals surface area contributed by atoms with Crippen LogP contribution in [0.2, 0.25) is 10.0 Å². The van der Waals surface area contributed by atoms with Crippen LogP contribution in [0.5, 0.6) is 0 Å². The van der Waals surface area contributed by atoms with Crippen molar-refractivity contribution in [3.8, 4) is 0 Å². The number of hydrogen-bond donors (Lipinski definition) is 0. The molecule has 0 aromatic heterocycles. The van der Waals surface area contributed by atoms with Gasteiger partial charge in [0.2, 0.25) is 10.0 Å². The summed E-state index contributed by atoms with van der Waals surface area (Å²) in [7, 11) is -3.91. The van der Waals surface area contributed by atoms with E-state index in [0.717, 1.165) is 0 Å². The van der Waals surface area contributed by atoms with E-state index in [9.17, 15) is 23.3 Å². The highest BCUT2D eigenvalue weighted by Crippen LogP contribution is 2.32. The Kier molecular flexibility index (Phi) is 5.90. The number of rotatable bonds is 4. The lowest BCUT2D eigenvalue weighted by Gasteiger charge is -2.34. The van der Waals surface area contributed by atoms with E-state index in [1.54, 1.807) is 6.07 Å². The van der Waals surface area contributed by atoms with Gasteiger partial charge >= 0.3 is 0 Å². The minimum absolute atomic E-state index is 0.0302. The normalized spacial score (nSPS) is 15.4. The molecule has 0 N–H and O–H groups in total. The minimum atomic E-state index is -3.91. The summed E-state index contributed by atoms with van der Waals surface area (Å²) in [6.07, 6.45) is 0. The first-order chi connectivity index (χ1) is 13.2. The average Bonchev–Trinajstić information content (AvgIpc) is 2.67. The molecule has 148 valence electrons. The van der Waals surface area contributed by atoms with Gasteiger partial charge in [-0.3, -0.25) is 14.9 Å². The first-order valence-electron chi connectivity index (χ1n) is 8.19. The number of carbonyl (C=O) groups is 1. The summed E-state index contributed by atoms with van der Waals surface area (Å²) in [5.41, 5.74) is 0.0000745. The van der Waals surface area contributed by atoms with E-state index in [4.69, 9.17) is 23.2 Å². The van der Waals surface area contributed by atoms with Crippen LogP contribution in [0.25, 0.3) is 0 Å². The average molecular weight is 444 g/mol. The summed E-state index contributed by atoms with van der Waals surface area (Å²) < 4.78 is 27.0.